The van der Waals surface area contributed by atoms with Crippen LogP contribution in [-0.4, -0.2) is 29.1 Å². The predicted molar refractivity (Wildman–Crippen MR) is 60.3 cm³/mol. The third kappa shape index (κ3) is 1.67. The first-order valence-electron chi connectivity index (χ1n) is 5.93. The number of carbonyl (C=O) groups excluding carboxylic acids is 1. The van der Waals surface area contributed by atoms with Crippen molar-refractivity contribution in [1.82, 2.24) is 10.2 Å². The molecule has 0 radical (unpaired) electrons. The lowest BCUT2D eigenvalue weighted by atomic mass is 10.1. The standard InChI is InChI=1S/C12H22N2O/c1-7(2)10-13-8(3)11(15)14(10)9-6-12(9,4)5/h7-10,13H,6H2,1-5H3. The van der Waals surface area contributed by atoms with E-state index in [1.807, 2.05) is 6.92 Å². The second-order valence-electron chi connectivity index (χ2n) is 6.03. The summed E-state index contributed by atoms with van der Waals surface area (Å²) < 4.78 is 0. The van der Waals surface area contributed by atoms with E-state index >= 15 is 0 Å². The summed E-state index contributed by atoms with van der Waals surface area (Å²) in [5.74, 6) is 0.763. The van der Waals surface area contributed by atoms with E-state index in [0.29, 0.717) is 17.4 Å². The van der Waals surface area contributed by atoms with Crippen molar-refractivity contribution >= 4 is 5.91 Å². The van der Waals surface area contributed by atoms with E-state index in [1.54, 1.807) is 0 Å². The summed E-state index contributed by atoms with van der Waals surface area (Å²) in [6, 6.07) is 0.448. The molecule has 2 fully saturated rings. The molecule has 1 heterocycles. The number of rotatable bonds is 2. The summed E-state index contributed by atoms with van der Waals surface area (Å²) in [6.45, 7) is 10.8. The van der Waals surface area contributed by atoms with Crippen molar-refractivity contribution in [2.24, 2.45) is 11.3 Å². The van der Waals surface area contributed by atoms with Gasteiger partial charge in [0.1, 0.15) is 0 Å². The molecule has 1 saturated carbocycles. The van der Waals surface area contributed by atoms with E-state index in [0.717, 1.165) is 6.42 Å². The highest BCUT2D eigenvalue weighted by Crippen LogP contribution is 2.50. The number of nitrogens with one attached hydrogen (secondary N) is 1. The van der Waals surface area contributed by atoms with E-state index in [2.05, 4.69) is 37.9 Å². The molecule has 0 aromatic rings. The Bertz CT molecular complexity index is 285. The maximum Gasteiger partial charge on any atom is 0.241 e. The summed E-state index contributed by atoms with van der Waals surface area (Å²) in [4.78, 5) is 14.1. The normalized spacial score (nSPS) is 38.9. The van der Waals surface area contributed by atoms with Crippen molar-refractivity contribution in [3.8, 4) is 0 Å². The smallest absolute Gasteiger partial charge is 0.241 e. The van der Waals surface area contributed by atoms with Crippen molar-refractivity contribution < 1.29 is 4.79 Å². The van der Waals surface area contributed by atoms with Gasteiger partial charge in [0.2, 0.25) is 5.91 Å². The van der Waals surface area contributed by atoms with Gasteiger partial charge < -0.3 is 4.90 Å². The van der Waals surface area contributed by atoms with E-state index in [1.165, 1.54) is 0 Å². The van der Waals surface area contributed by atoms with Gasteiger partial charge in [0.05, 0.1) is 12.2 Å². The highest BCUT2D eigenvalue weighted by Gasteiger charge is 2.55. The lowest BCUT2D eigenvalue weighted by Gasteiger charge is -2.28. The SMILES string of the molecule is CC1NC(C(C)C)N(C2CC2(C)C)C1=O. The number of amides is 1. The lowest BCUT2D eigenvalue weighted by molar-refractivity contribution is -0.131. The highest BCUT2D eigenvalue weighted by atomic mass is 16.2. The number of hydrogen-bond donors (Lipinski definition) is 1. The van der Waals surface area contributed by atoms with Crippen LogP contribution in [0.2, 0.25) is 0 Å². The molecule has 3 atom stereocenters. The second kappa shape index (κ2) is 3.21. The first-order chi connectivity index (χ1) is 6.84. The average molecular weight is 210 g/mol. The van der Waals surface area contributed by atoms with Gasteiger partial charge in [-0.2, -0.15) is 0 Å². The van der Waals surface area contributed by atoms with Crippen molar-refractivity contribution in [3.05, 3.63) is 0 Å². The second-order valence-corrected chi connectivity index (χ2v) is 6.03. The molecular weight excluding hydrogens is 188 g/mol. The van der Waals surface area contributed by atoms with Gasteiger partial charge in [-0.1, -0.05) is 27.7 Å². The predicted octanol–water partition coefficient (Wildman–Crippen LogP) is 1.59. The average Bonchev–Trinajstić information content (AvgIpc) is 2.61. The number of hydrogen-bond acceptors (Lipinski definition) is 2. The maximum atomic E-state index is 12.1. The van der Waals surface area contributed by atoms with Crippen LogP contribution in [0.15, 0.2) is 0 Å². The van der Waals surface area contributed by atoms with Gasteiger partial charge in [-0.3, -0.25) is 10.1 Å². The summed E-state index contributed by atoms with van der Waals surface area (Å²) >= 11 is 0. The third-order valence-corrected chi connectivity index (χ3v) is 3.77. The largest absolute Gasteiger partial charge is 0.322 e. The number of nitrogens with zero attached hydrogens (tertiary/aromatic N) is 1. The molecule has 1 aliphatic heterocycles. The molecule has 2 rings (SSSR count). The minimum absolute atomic E-state index is 0.00574. The Labute approximate surface area is 92.2 Å². The quantitative estimate of drug-likeness (QED) is 0.750. The fourth-order valence-corrected chi connectivity index (χ4v) is 2.54. The van der Waals surface area contributed by atoms with Gasteiger partial charge in [0, 0.05) is 6.04 Å². The molecule has 0 aromatic carbocycles. The van der Waals surface area contributed by atoms with E-state index in [9.17, 15) is 4.79 Å². The van der Waals surface area contributed by atoms with Crippen LogP contribution in [0.1, 0.15) is 41.0 Å². The molecule has 15 heavy (non-hydrogen) atoms. The zero-order valence-corrected chi connectivity index (χ0v) is 10.4. The Morgan fingerprint density at radius 1 is 1.47 bits per heavy atom. The molecule has 1 N–H and O–H groups in total. The Kier molecular flexibility index (Phi) is 2.34. The first-order valence-corrected chi connectivity index (χ1v) is 5.93. The fourth-order valence-electron chi connectivity index (χ4n) is 2.54. The molecule has 2 aliphatic rings. The molecule has 3 heteroatoms. The fraction of sp³-hybridized carbons (Fsp3) is 0.917. The zero-order chi connectivity index (χ0) is 11.4. The van der Waals surface area contributed by atoms with Crippen molar-refractivity contribution in [2.75, 3.05) is 0 Å². The summed E-state index contributed by atoms with van der Waals surface area (Å²) in [7, 11) is 0. The number of carbonyl (C=O) groups is 1. The molecule has 0 bridgehead atoms. The topological polar surface area (TPSA) is 32.3 Å². The van der Waals surface area contributed by atoms with Gasteiger partial charge in [-0.05, 0) is 24.7 Å². The van der Waals surface area contributed by atoms with Crippen LogP contribution in [0, 0.1) is 11.3 Å². The van der Waals surface area contributed by atoms with Gasteiger partial charge in [0.15, 0.2) is 0 Å². The Balaban J connectivity index is 2.17. The zero-order valence-electron chi connectivity index (χ0n) is 10.4. The van der Waals surface area contributed by atoms with Crippen molar-refractivity contribution in [3.63, 3.8) is 0 Å². The molecule has 1 saturated heterocycles. The van der Waals surface area contributed by atoms with Crippen LogP contribution in [0.4, 0.5) is 0 Å². The Morgan fingerprint density at radius 2 is 2.00 bits per heavy atom. The molecule has 1 amide bonds. The van der Waals surface area contributed by atoms with Crippen LogP contribution in [0.25, 0.3) is 0 Å². The van der Waals surface area contributed by atoms with E-state index in [-0.39, 0.29) is 18.1 Å². The Morgan fingerprint density at radius 3 is 2.40 bits per heavy atom. The van der Waals surface area contributed by atoms with Crippen molar-refractivity contribution in [2.45, 2.75) is 59.3 Å². The first kappa shape index (κ1) is 10.9. The monoisotopic (exact) mass is 210 g/mol. The van der Waals surface area contributed by atoms with Crippen LogP contribution >= 0.6 is 0 Å². The molecule has 0 spiro atoms. The van der Waals surface area contributed by atoms with Crippen LogP contribution in [-0.2, 0) is 4.79 Å². The molecule has 3 nitrogen and oxygen atoms in total. The maximum absolute atomic E-state index is 12.1. The van der Waals surface area contributed by atoms with Crippen molar-refractivity contribution in [1.29, 1.82) is 0 Å². The van der Waals surface area contributed by atoms with Gasteiger partial charge in [-0.15, -0.1) is 0 Å². The molecule has 86 valence electrons. The van der Waals surface area contributed by atoms with Crippen LogP contribution < -0.4 is 5.32 Å². The van der Waals surface area contributed by atoms with Crippen LogP contribution in [0.3, 0.4) is 0 Å². The van der Waals surface area contributed by atoms with E-state index < -0.39 is 0 Å². The Hall–Kier alpha value is -0.570. The molecule has 3 unspecified atom stereocenters. The summed E-state index contributed by atoms with van der Waals surface area (Å²) in [5, 5.41) is 3.39. The van der Waals surface area contributed by atoms with Crippen LogP contribution in [0.5, 0.6) is 0 Å². The summed E-state index contributed by atoms with van der Waals surface area (Å²) in [6.07, 6.45) is 1.38. The molecule has 0 aromatic heterocycles. The highest BCUT2D eigenvalue weighted by molar-refractivity contribution is 5.84. The van der Waals surface area contributed by atoms with Gasteiger partial charge in [0.25, 0.3) is 0 Å². The lowest BCUT2D eigenvalue weighted by Crippen LogP contribution is -2.43. The van der Waals surface area contributed by atoms with Gasteiger partial charge >= 0.3 is 0 Å². The molecular formula is C12H22N2O. The third-order valence-electron chi connectivity index (χ3n) is 3.77. The molecule has 1 aliphatic carbocycles. The minimum atomic E-state index is -0.00574. The van der Waals surface area contributed by atoms with Gasteiger partial charge in [-0.25, -0.2) is 0 Å². The van der Waals surface area contributed by atoms with E-state index in [4.69, 9.17) is 0 Å². The minimum Gasteiger partial charge on any atom is -0.322 e. The summed E-state index contributed by atoms with van der Waals surface area (Å²) in [5.41, 5.74) is 0.328.